The Morgan fingerprint density at radius 1 is 1.13 bits per heavy atom. The molecule has 2 rings (SSSR count). The number of halogens is 3. The van der Waals surface area contributed by atoms with E-state index in [1.54, 1.807) is 20.8 Å². The van der Waals surface area contributed by atoms with E-state index < -0.39 is 29.4 Å². The fourth-order valence-electron chi connectivity index (χ4n) is 3.28. The highest BCUT2D eigenvalue weighted by molar-refractivity contribution is 7.99. The molecule has 168 valence electrons. The largest absolute Gasteiger partial charge is 0.465 e. The molecule has 0 saturated heterocycles. The molecule has 1 N–H and O–H groups in total. The van der Waals surface area contributed by atoms with E-state index in [1.165, 1.54) is 13.2 Å². The minimum Gasteiger partial charge on any atom is -0.465 e. The van der Waals surface area contributed by atoms with Crippen LogP contribution in [0, 0.1) is 5.92 Å². The van der Waals surface area contributed by atoms with Gasteiger partial charge in [-0.15, -0.1) is 11.8 Å². The molecule has 0 radical (unpaired) electrons. The van der Waals surface area contributed by atoms with Gasteiger partial charge in [0.2, 0.25) is 0 Å². The number of methoxy groups -OCH3 is 1. The van der Waals surface area contributed by atoms with Crippen LogP contribution in [-0.2, 0) is 15.7 Å². The van der Waals surface area contributed by atoms with Gasteiger partial charge >= 0.3 is 18.2 Å². The second kappa shape index (κ2) is 9.94. The number of alkyl halides is 3. The summed E-state index contributed by atoms with van der Waals surface area (Å²) < 4.78 is 49.9. The monoisotopic (exact) mass is 447 g/mol. The first-order valence-corrected chi connectivity index (χ1v) is 10.8. The molecular formula is C21H28F3NO4S. The quantitative estimate of drug-likeness (QED) is 0.466. The number of carbonyl (C=O) groups excluding carboxylic acids is 2. The van der Waals surface area contributed by atoms with Crippen molar-refractivity contribution in [1.29, 1.82) is 0 Å². The molecule has 1 aliphatic carbocycles. The molecule has 0 aromatic heterocycles. The third kappa shape index (κ3) is 7.41. The number of ether oxygens (including phenoxy) is 2. The predicted molar refractivity (Wildman–Crippen MR) is 109 cm³/mol. The number of hydrogen-bond acceptors (Lipinski definition) is 5. The molecule has 1 fully saturated rings. The van der Waals surface area contributed by atoms with Crippen molar-refractivity contribution in [3.63, 3.8) is 0 Å². The molecule has 1 aromatic rings. The number of nitrogens with one attached hydrogen (secondary N) is 1. The lowest BCUT2D eigenvalue weighted by molar-refractivity contribution is -0.139. The minimum absolute atomic E-state index is 0.00879. The van der Waals surface area contributed by atoms with E-state index >= 15 is 0 Å². The summed E-state index contributed by atoms with van der Waals surface area (Å²) in [5.41, 5.74) is -1.22. The van der Waals surface area contributed by atoms with Crippen LogP contribution in [0.4, 0.5) is 18.0 Å². The van der Waals surface area contributed by atoms with E-state index in [0.717, 1.165) is 49.6 Å². The predicted octanol–water partition coefficient (Wildman–Crippen LogP) is 5.67. The van der Waals surface area contributed by atoms with Crippen molar-refractivity contribution in [3.8, 4) is 0 Å². The number of hydrogen-bond donors (Lipinski definition) is 1. The van der Waals surface area contributed by atoms with Gasteiger partial charge < -0.3 is 14.8 Å². The molecule has 0 bridgehead atoms. The molecule has 0 aliphatic heterocycles. The summed E-state index contributed by atoms with van der Waals surface area (Å²) in [4.78, 5) is 23.6. The zero-order chi connectivity index (χ0) is 22.5. The molecule has 0 heterocycles. The van der Waals surface area contributed by atoms with Crippen molar-refractivity contribution >= 4 is 23.8 Å². The number of rotatable bonds is 5. The number of thioether (sulfide) groups is 1. The van der Waals surface area contributed by atoms with Crippen LogP contribution in [0.5, 0.6) is 0 Å². The van der Waals surface area contributed by atoms with Crippen LogP contribution in [0.1, 0.15) is 62.4 Å². The minimum atomic E-state index is -4.49. The Balaban J connectivity index is 1.93. The average Bonchev–Trinajstić information content (AvgIpc) is 2.64. The van der Waals surface area contributed by atoms with Gasteiger partial charge in [-0.2, -0.15) is 13.2 Å². The van der Waals surface area contributed by atoms with Gasteiger partial charge in [-0.3, -0.25) is 0 Å². The Labute approximate surface area is 179 Å². The first kappa shape index (κ1) is 24.4. The first-order chi connectivity index (χ1) is 13.9. The van der Waals surface area contributed by atoms with E-state index in [4.69, 9.17) is 4.74 Å². The fourth-order valence-corrected chi connectivity index (χ4v) is 4.57. The van der Waals surface area contributed by atoms with Crippen LogP contribution in [0.25, 0.3) is 0 Å². The lowest BCUT2D eigenvalue weighted by atomic mass is 9.87. The van der Waals surface area contributed by atoms with Gasteiger partial charge in [0, 0.05) is 16.7 Å². The molecule has 1 saturated carbocycles. The summed E-state index contributed by atoms with van der Waals surface area (Å²) in [5, 5.41) is 2.86. The van der Waals surface area contributed by atoms with Crippen LogP contribution in [-0.4, -0.2) is 36.6 Å². The van der Waals surface area contributed by atoms with Gasteiger partial charge in [0.15, 0.2) is 0 Å². The number of esters is 1. The van der Waals surface area contributed by atoms with E-state index in [1.807, 2.05) is 0 Å². The summed E-state index contributed by atoms with van der Waals surface area (Å²) in [5.74, 6) is 0.0706. The standard InChI is InChI=1S/C21H28F3NO4S/c1-20(2,3)29-19(27)25-15-8-5-13(6-9-15)12-30-17-11-14(18(26)28-4)7-10-16(17)21(22,23)24/h7,10-11,13,15H,5-6,8-9,12H2,1-4H3,(H,25,27)/t13-,15-. The summed E-state index contributed by atoms with van der Waals surface area (Å²) in [6.07, 6.45) is -1.85. The Kier molecular flexibility index (Phi) is 8.07. The van der Waals surface area contributed by atoms with Crippen LogP contribution < -0.4 is 5.32 Å². The van der Waals surface area contributed by atoms with Crippen LogP contribution >= 0.6 is 11.8 Å². The molecule has 0 unspecified atom stereocenters. The van der Waals surface area contributed by atoms with E-state index in [9.17, 15) is 22.8 Å². The van der Waals surface area contributed by atoms with Gasteiger partial charge in [-0.25, -0.2) is 9.59 Å². The second-order valence-corrected chi connectivity index (χ2v) is 9.44. The molecule has 5 nitrogen and oxygen atoms in total. The Morgan fingerprint density at radius 3 is 2.30 bits per heavy atom. The van der Waals surface area contributed by atoms with Crippen LogP contribution in [0.15, 0.2) is 23.1 Å². The SMILES string of the molecule is COC(=O)c1ccc(C(F)(F)F)c(SC[C@H]2CC[C@H](NC(=O)OC(C)(C)C)CC2)c1. The maximum Gasteiger partial charge on any atom is 0.417 e. The highest BCUT2D eigenvalue weighted by atomic mass is 32.2. The second-order valence-electron chi connectivity index (χ2n) is 8.38. The summed E-state index contributed by atoms with van der Waals surface area (Å²) in [7, 11) is 1.19. The molecule has 1 amide bonds. The number of benzene rings is 1. The van der Waals surface area contributed by atoms with Crippen molar-refractivity contribution < 1.29 is 32.2 Å². The molecule has 1 aromatic carbocycles. The molecule has 0 spiro atoms. The lowest BCUT2D eigenvalue weighted by Gasteiger charge is -2.30. The van der Waals surface area contributed by atoms with Gasteiger partial charge in [0.05, 0.1) is 18.2 Å². The van der Waals surface area contributed by atoms with Gasteiger partial charge in [0.1, 0.15) is 5.60 Å². The van der Waals surface area contributed by atoms with Crippen LogP contribution in [0.2, 0.25) is 0 Å². The summed E-state index contributed by atoms with van der Waals surface area (Å²) >= 11 is 1.11. The maximum absolute atomic E-state index is 13.3. The Hall–Kier alpha value is -1.90. The average molecular weight is 448 g/mol. The van der Waals surface area contributed by atoms with Crippen LogP contribution in [0.3, 0.4) is 0 Å². The zero-order valence-corrected chi connectivity index (χ0v) is 18.4. The van der Waals surface area contributed by atoms with Crippen molar-refractivity contribution in [3.05, 3.63) is 29.3 Å². The Bertz CT molecular complexity index is 754. The third-order valence-corrected chi connectivity index (χ3v) is 6.04. The zero-order valence-electron chi connectivity index (χ0n) is 17.6. The summed E-state index contributed by atoms with van der Waals surface area (Å²) in [6, 6.07) is 3.31. The normalized spacial score (nSPS) is 19.8. The van der Waals surface area contributed by atoms with Crippen molar-refractivity contribution in [1.82, 2.24) is 5.32 Å². The third-order valence-electron chi connectivity index (χ3n) is 4.75. The maximum atomic E-state index is 13.3. The van der Waals surface area contributed by atoms with Gasteiger partial charge in [-0.1, -0.05) is 0 Å². The van der Waals surface area contributed by atoms with Crippen molar-refractivity contribution in [2.45, 2.75) is 69.2 Å². The number of carbonyl (C=O) groups is 2. The van der Waals surface area contributed by atoms with E-state index in [2.05, 4.69) is 10.1 Å². The fraction of sp³-hybridized carbons (Fsp3) is 0.619. The van der Waals surface area contributed by atoms with E-state index in [0.29, 0.717) is 5.75 Å². The molecule has 9 heteroatoms. The van der Waals surface area contributed by atoms with Gasteiger partial charge in [0.25, 0.3) is 0 Å². The molecule has 30 heavy (non-hydrogen) atoms. The lowest BCUT2D eigenvalue weighted by Crippen LogP contribution is -2.41. The van der Waals surface area contributed by atoms with E-state index in [-0.39, 0.29) is 22.4 Å². The number of amides is 1. The van der Waals surface area contributed by atoms with Crippen molar-refractivity contribution in [2.24, 2.45) is 5.92 Å². The highest BCUT2D eigenvalue weighted by Gasteiger charge is 2.34. The topological polar surface area (TPSA) is 64.6 Å². The summed E-state index contributed by atoms with van der Waals surface area (Å²) in [6.45, 7) is 5.39. The smallest absolute Gasteiger partial charge is 0.417 e. The first-order valence-electron chi connectivity index (χ1n) is 9.81. The highest BCUT2D eigenvalue weighted by Crippen LogP contribution is 2.39. The Morgan fingerprint density at radius 2 is 1.77 bits per heavy atom. The molecular weight excluding hydrogens is 419 g/mol. The molecule has 0 atom stereocenters. The molecule has 1 aliphatic rings. The number of alkyl carbamates (subject to hydrolysis) is 1. The van der Waals surface area contributed by atoms with Crippen molar-refractivity contribution in [2.75, 3.05) is 12.9 Å². The van der Waals surface area contributed by atoms with Gasteiger partial charge in [-0.05, 0) is 70.6 Å².